The first-order valence-electron chi connectivity index (χ1n) is 3.99. The highest BCUT2D eigenvalue weighted by atomic mass is 19.4. The molecule has 1 heterocycles. The van der Waals surface area contributed by atoms with Crippen LogP contribution in [-0.4, -0.2) is 23.4 Å². The predicted octanol–water partition coefficient (Wildman–Crippen LogP) is 3.48. The van der Waals surface area contributed by atoms with Gasteiger partial charge in [-0.1, -0.05) is 0 Å². The van der Waals surface area contributed by atoms with Crippen molar-refractivity contribution in [2.75, 3.05) is 0 Å². The van der Waals surface area contributed by atoms with Crippen molar-refractivity contribution in [2.45, 2.75) is 43.7 Å². The van der Waals surface area contributed by atoms with E-state index in [0.717, 1.165) is 0 Å². The highest BCUT2D eigenvalue weighted by Crippen LogP contribution is 2.54. The number of hydrogen-bond donors (Lipinski definition) is 0. The maximum atomic E-state index is 12.4. The zero-order chi connectivity index (χ0) is 12.1. The lowest BCUT2D eigenvalue weighted by Gasteiger charge is -2.31. The van der Waals surface area contributed by atoms with Gasteiger partial charge in [0, 0.05) is 6.42 Å². The molecule has 88 valence electrons. The van der Waals surface area contributed by atoms with Gasteiger partial charge in [-0.25, -0.2) is 0 Å². The maximum absolute atomic E-state index is 12.4. The van der Waals surface area contributed by atoms with Crippen LogP contribution in [0.1, 0.15) is 20.3 Å². The van der Waals surface area contributed by atoms with Crippen LogP contribution in [0, 0.1) is 0 Å². The Labute approximate surface area is 81.4 Å². The van der Waals surface area contributed by atoms with Gasteiger partial charge in [0.05, 0.1) is 5.54 Å². The monoisotopic (exact) mass is 234 g/mol. The highest BCUT2D eigenvalue weighted by molar-refractivity contribution is 5.09. The third-order valence-corrected chi connectivity index (χ3v) is 2.12. The predicted molar refractivity (Wildman–Crippen MR) is 38.4 cm³/mol. The van der Waals surface area contributed by atoms with E-state index in [0.29, 0.717) is 0 Å². The molecule has 0 unspecified atom stereocenters. The Morgan fingerprint density at radius 3 is 1.40 bits per heavy atom. The van der Waals surface area contributed by atoms with Gasteiger partial charge < -0.3 is 0 Å². The van der Waals surface area contributed by atoms with Crippen LogP contribution in [0.15, 0.2) is 10.2 Å². The van der Waals surface area contributed by atoms with Gasteiger partial charge in [0.25, 0.3) is 5.54 Å². The SMILES string of the molecule is CC1(C)CC(C(F)(F)F)(C(F)(F)F)N=N1. The molecule has 0 saturated carbocycles. The van der Waals surface area contributed by atoms with E-state index in [1.165, 1.54) is 13.8 Å². The Kier molecular flexibility index (Phi) is 2.33. The molecule has 1 rings (SSSR count). The van der Waals surface area contributed by atoms with Crippen LogP contribution in [0.3, 0.4) is 0 Å². The minimum atomic E-state index is -5.47. The average Bonchev–Trinajstić information content (AvgIpc) is 2.23. The second-order valence-electron chi connectivity index (χ2n) is 4.05. The molecule has 1 aliphatic rings. The van der Waals surface area contributed by atoms with E-state index in [9.17, 15) is 26.3 Å². The lowest BCUT2D eigenvalue weighted by molar-refractivity contribution is -0.295. The van der Waals surface area contributed by atoms with E-state index < -0.39 is 29.9 Å². The Morgan fingerprint density at radius 1 is 0.867 bits per heavy atom. The fourth-order valence-corrected chi connectivity index (χ4v) is 1.39. The van der Waals surface area contributed by atoms with E-state index in [-0.39, 0.29) is 0 Å². The third-order valence-electron chi connectivity index (χ3n) is 2.12. The van der Waals surface area contributed by atoms with Crippen molar-refractivity contribution in [1.82, 2.24) is 0 Å². The third kappa shape index (κ3) is 1.81. The summed E-state index contributed by atoms with van der Waals surface area (Å²) in [6, 6.07) is 0. The van der Waals surface area contributed by atoms with Gasteiger partial charge >= 0.3 is 12.4 Å². The maximum Gasteiger partial charge on any atom is 0.424 e. The summed E-state index contributed by atoms with van der Waals surface area (Å²) in [6.45, 7) is 2.35. The molecule has 0 atom stereocenters. The van der Waals surface area contributed by atoms with Crippen LogP contribution in [-0.2, 0) is 0 Å². The summed E-state index contributed by atoms with van der Waals surface area (Å²) in [5, 5.41) is 5.48. The Balaban J connectivity index is 3.21. The molecule has 1 aliphatic heterocycles. The van der Waals surface area contributed by atoms with E-state index >= 15 is 0 Å². The molecule has 0 radical (unpaired) electrons. The van der Waals surface area contributed by atoms with Crippen molar-refractivity contribution >= 4 is 0 Å². The molecule has 0 spiro atoms. The number of azo groups is 1. The average molecular weight is 234 g/mol. The molecule has 0 aromatic heterocycles. The minimum Gasteiger partial charge on any atom is -0.187 e. The van der Waals surface area contributed by atoms with E-state index in [1.54, 1.807) is 0 Å². The lowest BCUT2D eigenvalue weighted by atomic mass is 9.86. The van der Waals surface area contributed by atoms with Crippen LogP contribution >= 0.6 is 0 Å². The van der Waals surface area contributed by atoms with E-state index in [4.69, 9.17) is 0 Å². The highest BCUT2D eigenvalue weighted by Gasteiger charge is 2.75. The Morgan fingerprint density at radius 2 is 1.27 bits per heavy atom. The summed E-state index contributed by atoms with van der Waals surface area (Å²) < 4.78 is 74.3. The van der Waals surface area contributed by atoms with E-state index in [1.807, 2.05) is 0 Å². The largest absolute Gasteiger partial charge is 0.424 e. The van der Waals surface area contributed by atoms with Gasteiger partial charge in [-0.2, -0.15) is 36.6 Å². The second kappa shape index (κ2) is 2.85. The molecule has 0 saturated heterocycles. The molecule has 0 aromatic carbocycles. The van der Waals surface area contributed by atoms with Crippen molar-refractivity contribution in [3.8, 4) is 0 Å². The fraction of sp³-hybridized carbons (Fsp3) is 1.00. The first kappa shape index (κ1) is 12.3. The summed E-state index contributed by atoms with van der Waals surface area (Å²) >= 11 is 0. The fourth-order valence-electron chi connectivity index (χ4n) is 1.39. The number of nitrogens with zero attached hydrogens (tertiary/aromatic N) is 2. The molecule has 2 nitrogen and oxygen atoms in total. The zero-order valence-corrected chi connectivity index (χ0v) is 7.87. The standard InChI is InChI=1S/C7H8F6N2/c1-4(2)3-5(15-14-4,6(8,9)10)7(11,12)13/h3H2,1-2H3. The summed E-state index contributed by atoms with van der Waals surface area (Å²) in [7, 11) is 0. The van der Waals surface area contributed by atoms with Gasteiger partial charge in [0.1, 0.15) is 0 Å². The second-order valence-corrected chi connectivity index (χ2v) is 4.05. The minimum absolute atomic E-state index is 1.18. The van der Waals surface area contributed by atoms with Crippen molar-refractivity contribution in [3.05, 3.63) is 0 Å². The lowest BCUT2D eigenvalue weighted by Crippen LogP contribution is -2.55. The van der Waals surface area contributed by atoms with Gasteiger partial charge in [-0.15, -0.1) is 0 Å². The number of halogens is 6. The first-order chi connectivity index (χ1) is 6.41. The van der Waals surface area contributed by atoms with Crippen LogP contribution < -0.4 is 0 Å². The van der Waals surface area contributed by atoms with Crippen LogP contribution in [0.25, 0.3) is 0 Å². The van der Waals surface area contributed by atoms with Crippen molar-refractivity contribution in [1.29, 1.82) is 0 Å². The molecule has 0 amide bonds. The molecular weight excluding hydrogens is 226 g/mol. The number of rotatable bonds is 0. The first-order valence-corrected chi connectivity index (χ1v) is 3.99. The quantitative estimate of drug-likeness (QED) is 0.573. The molecule has 8 heteroatoms. The van der Waals surface area contributed by atoms with Gasteiger partial charge in [-0.3, -0.25) is 0 Å². The summed E-state index contributed by atoms with van der Waals surface area (Å²) in [6.07, 6.45) is -12.1. The van der Waals surface area contributed by atoms with Crippen molar-refractivity contribution < 1.29 is 26.3 Å². The van der Waals surface area contributed by atoms with Gasteiger partial charge in [0.2, 0.25) is 0 Å². The van der Waals surface area contributed by atoms with Crippen LogP contribution in [0.5, 0.6) is 0 Å². The molecule has 0 N–H and O–H groups in total. The smallest absolute Gasteiger partial charge is 0.187 e. The van der Waals surface area contributed by atoms with Gasteiger partial charge in [-0.05, 0) is 13.8 Å². The molecule has 0 aromatic rings. The van der Waals surface area contributed by atoms with E-state index in [2.05, 4.69) is 10.2 Å². The Hall–Kier alpha value is -0.820. The topological polar surface area (TPSA) is 24.7 Å². The van der Waals surface area contributed by atoms with Crippen LogP contribution in [0.4, 0.5) is 26.3 Å². The molecule has 0 aliphatic carbocycles. The molecular formula is C7H8F6N2. The molecule has 0 bridgehead atoms. The Bertz CT molecular complexity index is 273. The summed E-state index contributed by atoms with van der Waals surface area (Å²) in [4.78, 5) is 0. The van der Waals surface area contributed by atoms with Gasteiger partial charge in [0.15, 0.2) is 0 Å². The molecule has 15 heavy (non-hydrogen) atoms. The summed E-state index contributed by atoms with van der Waals surface area (Å²) in [5.41, 5.74) is -5.48. The summed E-state index contributed by atoms with van der Waals surface area (Å²) in [5.74, 6) is 0. The zero-order valence-electron chi connectivity index (χ0n) is 7.87. The normalized spacial score (nSPS) is 24.5. The molecule has 0 fully saturated rings. The number of hydrogen-bond acceptors (Lipinski definition) is 2. The van der Waals surface area contributed by atoms with Crippen molar-refractivity contribution in [3.63, 3.8) is 0 Å². The number of alkyl halides is 6. The van der Waals surface area contributed by atoms with Crippen molar-refractivity contribution in [2.24, 2.45) is 10.2 Å². The van der Waals surface area contributed by atoms with Crippen LogP contribution in [0.2, 0.25) is 0 Å².